The topological polar surface area (TPSA) is 96.5 Å². The number of carbonyl (C=O) groups is 2. The molecule has 0 bridgehead atoms. The third kappa shape index (κ3) is 4.50. The molecule has 0 aliphatic heterocycles. The molecule has 0 atom stereocenters. The molecule has 0 aliphatic rings. The molecule has 1 aromatic heterocycles. The van der Waals surface area contributed by atoms with E-state index in [2.05, 4.69) is 18.2 Å². The van der Waals surface area contributed by atoms with Crippen LogP contribution in [0.15, 0.2) is 0 Å². The minimum absolute atomic E-state index is 0.00446. The van der Waals surface area contributed by atoms with Gasteiger partial charge in [-0.05, 0) is 43.3 Å². The van der Waals surface area contributed by atoms with Gasteiger partial charge < -0.3 is 15.7 Å². The van der Waals surface area contributed by atoms with Crippen LogP contribution in [0.1, 0.15) is 49.2 Å². The summed E-state index contributed by atoms with van der Waals surface area (Å²) in [5, 5.41) is 9.60. The molecular formula is C14H23N3O3S. The average molecular weight is 313 g/mol. The third-order valence-electron chi connectivity index (χ3n) is 3.57. The van der Waals surface area contributed by atoms with Crippen LogP contribution in [0.3, 0.4) is 0 Å². The molecule has 1 amide bonds. The smallest absolute Gasteiger partial charge is 0.340 e. The summed E-state index contributed by atoms with van der Waals surface area (Å²) in [6.45, 7) is 6.37. The summed E-state index contributed by atoms with van der Waals surface area (Å²) in [5.41, 5.74) is 6.11. The monoisotopic (exact) mass is 313 g/mol. The molecule has 1 rings (SSSR count). The van der Waals surface area contributed by atoms with E-state index < -0.39 is 5.97 Å². The number of carbonyl (C=O) groups excluding carboxylic acids is 1. The Bertz CT molecular complexity index is 526. The second-order valence-electron chi connectivity index (χ2n) is 5.91. The van der Waals surface area contributed by atoms with Gasteiger partial charge >= 0.3 is 5.97 Å². The lowest BCUT2D eigenvalue weighted by molar-refractivity contribution is -0.118. The lowest BCUT2D eigenvalue weighted by Gasteiger charge is -2.24. The van der Waals surface area contributed by atoms with Gasteiger partial charge in [0.25, 0.3) is 0 Å². The predicted molar refractivity (Wildman–Crippen MR) is 83.9 cm³/mol. The summed E-state index contributed by atoms with van der Waals surface area (Å²) >= 11 is 1.04. The first-order chi connectivity index (χ1) is 9.69. The molecule has 0 unspecified atom stereocenters. The van der Waals surface area contributed by atoms with Crippen molar-refractivity contribution in [1.29, 1.82) is 0 Å². The summed E-state index contributed by atoms with van der Waals surface area (Å²) in [7, 11) is 1.59. The van der Waals surface area contributed by atoms with Crippen LogP contribution >= 0.6 is 11.5 Å². The molecule has 21 heavy (non-hydrogen) atoms. The molecule has 0 aliphatic carbocycles. The molecular weight excluding hydrogens is 290 g/mol. The van der Waals surface area contributed by atoms with E-state index in [1.165, 1.54) is 4.90 Å². The molecule has 1 heterocycles. The highest BCUT2D eigenvalue weighted by Crippen LogP contribution is 2.30. The van der Waals surface area contributed by atoms with Gasteiger partial charge in [-0.15, -0.1) is 0 Å². The van der Waals surface area contributed by atoms with Gasteiger partial charge in [0.2, 0.25) is 5.91 Å². The first-order valence-corrected chi connectivity index (χ1v) is 7.63. The van der Waals surface area contributed by atoms with Gasteiger partial charge in [-0.25, -0.2) is 4.79 Å². The third-order valence-corrected chi connectivity index (χ3v) is 4.59. The molecule has 0 saturated carbocycles. The molecule has 0 spiro atoms. The zero-order valence-corrected chi connectivity index (χ0v) is 13.8. The SMILES string of the molecule is Cc1nsc(N(C)C(=O)CCC(C)(C)CCN)c1C(=O)O. The van der Waals surface area contributed by atoms with Gasteiger partial charge in [0.15, 0.2) is 0 Å². The van der Waals surface area contributed by atoms with Crippen LogP contribution in [-0.4, -0.2) is 34.9 Å². The largest absolute Gasteiger partial charge is 0.478 e. The molecule has 3 N–H and O–H groups in total. The number of carboxylic acid groups (broad SMARTS) is 1. The summed E-state index contributed by atoms with van der Waals surface area (Å²) < 4.78 is 4.03. The molecule has 0 radical (unpaired) electrons. The van der Waals surface area contributed by atoms with E-state index >= 15 is 0 Å². The van der Waals surface area contributed by atoms with E-state index in [-0.39, 0.29) is 16.9 Å². The number of rotatable bonds is 7. The van der Waals surface area contributed by atoms with E-state index in [1.807, 2.05) is 0 Å². The Balaban J connectivity index is 2.78. The Morgan fingerprint density at radius 2 is 2.00 bits per heavy atom. The van der Waals surface area contributed by atoms with Crippen LogP contribution in [0.5, 0.6) is 0 Å². The Morgan fingerprint density at radius 1 is 1.38 bits per heavy atom. The minimum Gasteiger partial charge on any atom is -0.478 e. The standard InChI is InChI=1S/C14H23N3O3S/c1-9-11(13(19)20)12(21-16-9)17(4)10(18)5-6-14(2,3)7-8-15/h5-8,15H2,1-4H3,(H,19,20). The van der Waals surface area contributed by atoms with Crippen LogP contribution in [-0.2, 0) is 4.79 Å². The summed E-state index contributed by atoms with van der Waals surface area (Å²) in [6, 6.07) is 0. The fourth-order valence-corrected chi connectivity index (χ4v) is 2.94. The molecule has 118 valence electrons. The number of aromatic carboxylic acids is 1. The molecule has 7 heteroatoms. The zero-order chi connectivity index (χ0) is 16.2. The maximum absolute atomic E-state index is 12.3. The normalized spacial score (nSPS) is 11.5. The second-order valence-corrected chi connectivity index (χ2v) is 6.66. The van der Waals surface area contributed by atoms with Crippen molar-refractivity contribution >= 4 is 28.4 Å². The molecule has 0 saturated heterocycles. The van der Waals surface area contributed by atoms with Crippen molar-refractivity contribution in [2.75, 3.05) is 18.5 Å². The van der Waals surface area contributed by atoms with E-state index in [1.54, 1.807) is 14.0 Å². The number of aromatic nitrogens is 1. The summed E-state index contributed by atoms with van der Waals surface area (Å²) in [4.78, 5) is 24.9. The first-order valence-electron chi connectivity index (χ1n) is 6.86. The highest BCUT2D eigenvalue weighted by atomic mass is 32.1. The highest BCUT2D eigenvalue weighted by molar-refractivity contribution is 7.11. The van der Waals surface area contributed by atoms with E-state index in [9.17, 15) is 14.7 Å². The highest BCUT2D eigenvalue weighted by Gasteiger charge is 2.25. The summed E-state index contributed by atoms with van der Waals surface area (Å²) in [6.07, 6.45) is 1.93. The van der Waals surface area contributed by atoms with Crippen molar-refractivity contribution in [2.45, 2.75) is 40.0 Å². The maximum Gasteiger partial charge on any atom is 0.340 e. The lowest BCUT2D eigenvalue weighted by Crippen LogP contribution is -2.28. The van der Waals surface area contributed by atoms with Crippen LogP contribution in [0.25, 0.3) is 0 Å². The number of carboxylic acids is 1. The van der Waals surface area contributed by atoms with E-state index in [4.69, 9.17) is 5.73 Å². The Hall–Kier alpha value is -1.47. The number of nitrogens with two attached hydrogens (primary N) is 1. The van der Waals surface area contributed by atoms with Crippen LogP contribution in [0.4, 0.5) is 5.00 Å². The number of aryl methyl sites for hydroxylation is 1. The van der Waals surface area contributed by atoms with Crippen LogP contribution < -0.4 is 10.6 Å². The van der Waals surface area contributed by atoms with Gasteiger partial charge in [-0.3, -0.25) is 4.79 Å². The van der Waals surface area contributed by atoms with Gasteiger partial charge in [0.05, 0.1) is 5.69 Å². The fourth-order valence-electron chi connectivity index (χ4n) is 2.07. The molecule has 1 aromatic rings. The average Bonchev–Trinajstić information content (AvgIpc) is 2.77. The van der Waals surface area contributed by atoms with Crippen LogP contribution in [0.2, 0.25) is 0 Å². The van der Waals surface area contributed by atoms with Crippen molar-refractivity contribution in [3.63, 3.8) is 0 Å². The van der Waals surface area contributed by atoms with Crippen LogP contribution in [0, 0.1) is 12.3 Å². The van der Waals surface area contributed by atoms with Gasteiger partial charge in [-0.1, -0.05) is 13.8 Å². The predicted octanol–water partition coefficient (Wildman–Crippen LogP) is 2.27. The second kappa shape index (κ2) is 7.00. The number of anilines is 1. The number of hydrogen-bond acceptors (Lipinski definition) is 5. The minimum atomic E-state index is -1.06. The summed E-state index contributed by atoms with van der Waals surface area (Å²) in [5.74, 6) is -1.16. The van der Waals surface area contributed by atoms with Crippen molar-refractivity contribution in [1.82, 2.24) is 4.37 Å². The van der Waals surface area contributed by atoms with Crippen molar-refractivity contribution < 1.29 is 14.7 Å². The fraction of sp³-hybridized carbons (Fsp3) is 0.643. The Labute approximate surface area is 129 Å². The number of amides is 1. The van der Waals surface area contributed by atoms with Gasteiger partial charge in [0, 0.05) is 13.5 Å². The lowest BCUT2D eigenvalue weighted by atomic mass is 9.84. The molecule has 6 nitrogen and oxygen atoms in total. The van der Waals surface area contributed by atoms with E-state index in [0.717, 1.165) is 18.0 Å². The number of nitrogens with zero attached hydrogens (tertiary/aromatic N) is 2. The van der Waals surface area contributed by atoms with Crippen molar-refractivity contribution in [3.05, 3.63) is 11.3 Å². The van der Waals surface area contributed by atoms with Crippen molar-refractivity contribution in [3.8, 4) is 0 Å². The van der Waals surface area contributed by atoms with Gasteiger partial charge in [0.1, 0.15) is 10.6 Å². The van der Waals surface area contributed by atoms with Crippen molar-refractivity contribution in [2.24, 2.45) is 11.1 Å². The van der Waals surface area contributed by atoms with E-state index in [0.29, 0.717) is 30.1 Å². The Kier molecular flexibility index (Phi) is 5.86. The maximum atomic E-state index is 12.3. The number of hydrogen-bond donors (Lipinski definition) is 2. The molecule has 0 fully saturated rings. The quantitative estimate of drug-likeness (QED) is 0.805. The zero-order valence-electron chi connectivity index (χ0n) is 13.0. The van der Waals surface area contributed by atoms with Gasteiger partial charge in [-0.2, -0.15) is 4.37 Å². The molecule has 0 aromatic carbocycles. The first kappa shape index (κ1) is 17.6. The Morgan fingerprint density at radius 3 is 2.52 bits per heavy atom.